The molecule has 27 heavy (non-hydrogen) atoms. The van der Waals surface area contributed by atoms with Crippen molar-refractivity contribution < 1.29 is 14.6 Å². The number of rotatable bonds is 6. The molecule has 0 saturated heterocycles. The summed E-state index contributed by atoms with van der Waals surface area (Å²) in [5, 5.41) is 19.1. The van der Waals surface area contributed by atoms with Crippen LogP contribution < -0.4 is 15.5 Å². The minimum absolute atomic E-state index is 0.0820. The summed E-state index contributed by atoms with van der Waals surface area (Å²) in [6.45, 7) is 0.0990. The average molecular weight is 475 g/mol. The predicted octanol–water partition coefficient (Wildman–Crippen LogP) is 3.72. The summed E-state index contributed by atoms with van der Waals surface area (Å²) in [5.74, 6) is 0.172. The number of halogens is 1. The summed E-state index contributed by atoms with van der Waals surface area (Å²) in [6.07, 6.45) is 1.50. The van der Waals surface area contributed by atoms with Crippen LogP contribution in [0.1, 0.15) is 5.56 Å². The fraction of sp³-hybridized carbons (Fsp3) is 0.100. The summed E-state index contributed by atoms with van der Waals surface area (Å²) >= 11 is 2.00. The SMILES string of the molecule is COc1cc(/C=N\NC(=O)CNc2cccc3ccccc23)cc(I)c1O. The number of methoxy groups -OCH3 is 1. The molecule has 0 spiro atoms. The molecule has 0 radical (unpaired) electrons. The van der Waals surface area contributed by atoms with Crippen molar-refractivity contribution in [1.29, 1.82) is 0 Å². The Labute approximate surface area is 170 Å². The van der Waals surface area contributed by atoms with Crippen molar-refractivity contribution in [3.8, 4) is 11.5 Å². The number of fused-ring (bicyclic) bond motifs is 1. The lowest BCUT2D eigenvalue weighted by Gasteiger charge is -2.09. The maximum absolute atomic E-state index is 12.0. The number of carbonyl (C=O) groups is 1. The molecule has 0 aromatic heterocycles. The largest absolute Gasteiger partial charge is 0.504 e. The molecule has 0 unspecified atom stereocenters. The lowest BCUT2D eigenvalue weighted by Crippen LogP contribution is -2.25. The van der Waals surface area contributed by atoms with Gasteiger partial charge in [0.2, 0.25) is 0 Å². The second-order valence-corrected chi connectivity index (χ2v) is 6.89. The topological polar surface area (TPSA) is 83.0 Å². The van der Waals surface area contributed by atoms with Crippen LogP contribution in [-0.4, -0.2) is 30.9 Å². The molecule has 3 aromatic rings. The summed E-state index contributed by atoms with van der Waals surface area (Å²) in [7, 11) is 1.48. The van der Waals surface area contributed by atoms with Gasteiger partial charge in [-0.2, -0.15) is 5.10 Å². The standard InChI is InChI=1S/C20H18IN3O3/c1-27-18-10-13(9-16(21)20(18)26)11-23-24-19(25)12-22-17-8-4-6-14-5-2-3-7-15(14)17/h2-11,22,26H,12H2,1H3,(H,24,25)/b23-11-. The van der Waals surface area contributed by atoms with E-state index in [2.05, 4.69) is 15.8 Å². The van der Waals surface area contributed by atoms with Crippen molar-refractivity contribution in [2.75, 3.05) is 19.0 Å². The number of hydrogen-bond donors (Lipinski definition) is 3. The highest BCUT2D eigenvalue weighted by molar-refractivity contribution is 14.1. The first-order valence-corrected chi connectivity index (χ1v) is 9.26. The molecule has 0 heterocycles. The number of hydrogen-bond acceptors (Lipinski definition) is 5. The number of benzene rings is 3. The van der Waals surface area contributed by atoms with Crippen LogP contribution in [0, 0.1) is 3.57 Å². The van der Waals surface area contributed by atoms with Crippen LogP contribution in [-0.2, 0) is 4.79 Å². The van der Waals surface area contributed by atoms with E-state index in [9.17, 15) is 9.90 Å². The minimum atomic E-state index is -0.264. The molecular formula is C20H18IN3O3. The number of anilines is 1. The third-order valence-corrected chi connectivity index (χ3v) is 4.72. The number of phenolic OH excluding ortho intramolecular Hbond substituents is 1. The van der Waals surface area contributed by atoms with E-state index in [1.165, 1.54) is 13.3 Å². The molecule has 0 aliphatic rings. The van der Waals surface area contributed by atoms with Crippen LogP contribution in [0.25, 0.3) is 10.8 Å². The molecule has 0 atom stereocenters. The lowest BCUT2D eigenvalue weighted by molar-refractivity contribution is -0.119. The quantitative estimate of drug-likeness (QED) is 0.289. The Balaban J connectivity index is 1.60. The van der Waals surface area contributed by atoms with Crippen molar-refractivity contribution in [1.82, 2.24) is 5.43 Å². The predicted molar refractivity (Wildman–Crippen MR) is 116 cm³/mol. The van der Waals surface area contributed by atoms with Crippen molar-refractivity contribution >= 4 is 51.2 Å². The Hall–Kier alpha value is -2.81. The van der Waals surface area contributed by atoms with Crippen molar-refractivity contribution in [2.45, 2.75) is 0 Å². The first-order chi connectivity index (χ1) is 13.1. The molecule has 138 valence electrons. The van der Waals surface area contributed by atoms with E-state index in [0.717, 1.165) is 16.5 Å². The first-order valence-electron chi connectivity index (χ1n) is 8.18. The van der Waals surface area contributed by atoms with E-state index in [-0.39, 0.29) is 18.2 Å². The maximum Gasteiger partial charge on any atom is 0.259 e. The summed E-state index contributed by atoms with van der Waals surface area (Å²) in [6, 6.07) is 17.3. The van der Waals surface area contributed by atoms with E-state index in [1.54, 1.807) is 12.1 Å². The second kappa shape index (κ2) is 8.72. The number of aromatic hydroxyl groups is 1. The summed E-state index contributed by atoms with van der Waals surface area (Å²) in [5.41, 5.74) is 4.08. The number of phenols is 1. The number of ether oxygens (including phenoxy) is 1. The van der Waals surface area contributed by atoms with Crippen molar-refractivity contribution in [3.63, 3.8) is 0 Å². The number of carbonyl (C=O) groups excluding carboxylic acids is 1. The van der Waals surface area contributed by atoms with Crippen LogP contribution in [0.4, 0.5) is 5.69 Å². The van der Waals surface area contributed by atoms with Crippen LogP contribution in [0.3, 0.4) is 0 Å². The van der Waals surface area contributed by atoms with Gasteiger partial charge in [-0.3, -0.25) is 4.79 Å². The number of hydrazone groups is 1. The second-order valence-electron chi connectivity index (χ2n) is 5.73. The summed E-state index contributed by atoms with van der Waals surface area (Å²) < 4.78 is 5.74. The van der Waals surface area contributed by atoms with Crippen molar-refractivity contribution in [3.05, 3.63) is 63.7 Å². The number of amides is 1. The highest BCUT2D eigenvalue weighted by Crippen LogP contribution is 2.31. The molecule has 0 fully saturated rings. The van der Waals surface area contributed by atoms with Gasteiger partial charge in [0.15, 0.2) is 11.5 Å². The fourth-order valence-electron chi connectivity index (χ4n) is 2.60. The molecule has 7 heteroatoms. The van der Waals surface area contributed by atoms with E-state index in [0.29, 0.717) is 14.9 Å². The Morgan fingerprint density at radius 3 is 2.81 bits per heavy atom. The van der Waals surface area contributed by atoms with Gasteiger partial charge in [-0.15, -0.1) is 0 Å². The zero-order valence-electron chi connectivity index (χ0n) is 14.6. The molecule has 1 amide bonds. The van der Waals surface area contributed by atoms with Gasteiger partial charge in [-0.1, -0.05) is 36.4 Å². The molecule has 0 aliphatic heterocycles. The monoisotopic (exact) mass is 475 g/mol. The van der Waals surface area contributed by atoms with Crippen LogP contribution in [0.15, 0.2) is 59.7 Å². The van der Waals surface area contributed by atoms with E-state index in [1.807, 2.05) is 65.1 Å². The molecule has 3 rings (SSSR count). The number of nitrogens with zero attached hydrogens (tertiary/aromatic N) is 1. The Morgan fingerprint density at radius 1 is 1.22 bits per heavy atom. The molecular weight excluding hydrogens is 457 g/mol. The van der Waals surface area contributed by atoms with Gasteiger partial charge < -0.3 is 15.2 Å². The Bertz CT molecular complexity index is 1000. The van der Waals surface area contributed by atoms with Gasteiger partial charge in [0.05, 0.1) is 23.4 Å². The maximum atomic E-state index is 12.0. The highest BCUT2D eigenvalue weighted by atomic mass is 127. The smallest absolute Gasteiger partial charge is 0.259 e. The fourth-order valence-corrected chi connectivity index (χ4v) is 3.22. The molecule has 0 bridgehead atoms. The van der Waals surface area contributed by atoms with Crippen molar-refractivity contribution in [2.24, 2.45) is 5.10 Å². The van der Waals surface area contributed by atoms with Crippen LogP contribution >= 0.6 is 22.6 Å². The van der Waals surface area contributed by atoms with Crippen LogP contribution in [0.5, 0.6) is 11.5 Å². The normalized spacial score (nSPS) is 10.9. The van der Waals surface area contributed by atoms with Gasteiger partial charge in [-0.25, -0.2) is 5.43 Å². The first kappa shape index (κ1) is 19.0. The third kappa shape index (κ3) is 4.68. The van der Waals surface area contributed by atoms with Gasteiger partial charge in [0, 0.05) is 11.1 Å². The Kier molecular flexibility index (Phi) is 6.12. The van der Waals surface area contributed by atoms with Crippen LogP contribution in [0.2, 0.25) is 0 Å². The molecule has 0 aliphatic carbocycles. The third-order valence-electron chi connectivity index (χ3n) is 3.90. The van der Waals surface area contributed by atoms with Gasteiger partial charge in [-0.05, 0) is 51.7 Å². The van der Waals surface area contributed by atoms with Gasteiger partial charge in [0.1, 0.15) is 0 Å². The number of nitrogens with one attached hydrogen (secondary N) is 2. The minimum Gasteiger partial charge on any atom is -0.504 e. The van der Waals surface area contributed by atoms with Gasteiger partial charge >= 0.3 is 0 Å². The Morgan fingerprint density at radius 2 is 2.00 bits per heavy atom. The molecule has 6 nitrogen and oxygen atoms in total. The molecule has 3 N–H and O–H groups in total. The zero-order chi connectivity index (χ0) is 19.2. The van der Waals surface area contributed by atoms with E-state index in [4.69, 9.17) is 4.74 Å². The molecule has 0 saturated carbocycles. The molecule has 3 aromatic carbocycles. The highest BCUT2D eigenvalue weighted by Gasteiger charge is 2.07. The van der Waals surface area contributed by atoms with E-state index < -0.39 is 0 Å². The lowest BCUT2D eigenvalue weighted by atomic mass is 10.1. The average Bonchev–Trinajstić information content (AvgIpc) is 2.68. The summed E-state index contributed by atoms with van der Waals surface area (Å²) in [4.78, 5) is 12.0. The van der Waals surface area contributed by atoms with Gasteiger partial charge in [0.25, 0.3) is 5.91 Å². The van der Waals surface area contributed by atoms with E-state index >= 15 is 0 Å². The zero-order valence-corrected chi connectivity index (χ0v) is 16.7.